The van der Waals surface area contributed by atoms with Crippen LogP contribution in [0.25, 0.3) is 0 Å². The molecule has 0 fully saturated rings. The third-order valence-electron chi connectivity index (χ3n) is 3.75. The van der Waals surface area contributed by atoms with E-state index >= 15 is 0 Å². The number of ketones is 1. The van der Waals surface area contributed by atoms with Crippen molar-refractivity contribution in [3.05, 3.63) is 71.0 Å². The van der Waals surface area contributed by atoms with Crippen molar-refractivity contribution in [3.63, 3.8) is 0 Å². The summed E-state index contributed by atoms with van der Waals surface area (Å²) in [5, 5.41) is 2.46. The predicted octanol–water partition coefficient (Wildman–Crippen LogP) is 5.25. The molecule has 2 aromatic carbocycles. The smallest absolute Gasteiger partial charge is 0.243 e. The van der Waals surface area contributed by atoms with Gasteiger partial charge in [0.15, 0.2) is 10.9 Å². The molecule has 0 aliphatic carbocycles. The minimum atomic E-state index is -0.503. The van der Waals surface area contributed by atoms with Crippen molar-refractivity contribution in [2.75, 3.05) is 10.7 Å². The van der Waals surface area contributed by atoms with Crippen molar-refractivity contribution in [1.82, 2.24) is 4.98 Å². The van der Waals surface area contributed by atoms with Gasteiger partial charge in [-0.3, -0.25) is 14.5 Å². The maximum Gasteiger partial charge on any atom is 0.243 e. The summed E-state index contributed by atoms with van der Waals surface area (Å²) in [6.45, 7) is 3.26. The van der Waals surface area contributed by atoms with Gasteiger partial charge in [0.05, 0.1) is 17.1 Å². The van der Waals surface area contributed by atoms with Crippen molar-refractivity contribution in [2.45, 2.75) is 18.7 Å². The highest BCUT2D eigenvalue weighted by Crippen LogP contribution is 2.31. The topological polar surface area (TPSA) is 50.3 Å². The molecule has 0 unspecified atom stereocenters. The van der Waals surface area contributed by atoms with E-state index < -0.39 is 5.82 Å². The third-order valence-corrected chi connectivity index (χ3v) is 5.73. The van der Waals surface area contributed by atoms with Crippen molar-refractivity contribution in [1.29, 1.82) is 0 Å². The number of halogens is 1. The summed E-state index contributed by atoms with van der Waals surface area (Å²) in [6.07, 6.45) is 0. The van der Waals surface area contributed by atoms with Crippen LogP contribution in [0.5, 0.6) is 0 Å². The van der Waals surface area contributed by atoms with Crippen molar-refractivity contribution >= 4 is 45.6 Å². The molecule has 138 valence electrons. The highest BCUT2D eigenvalue weighted by molar-refractivity contribution is 8.00. The van der Waals surface area contributed by atoms with E-state index in [2.05, 4.69) is 4.98 Å². The number of aromatic nitrogens is 1. The summed E-state index contributed by atoms with van der Waals surface area (Å²) in [5.74, 6) is -0.854. The van der Waals surface area contributed by atoms with E-state index in [1.807, 2.05) is 42.6 Å². The number of thioether (sulfide) groups is 1. The number of para-hydroxylation sites is 1. The standard InChI is InChI=1S/C20H17FN2O2S2/c1-13-11-27-20(22-13)23(16-6-4-3-5-7-16)19(25)12-26-18-9-8-15(14(2)24)10-17(18)21/h3-11H,12H2,1-2H3. The molecule has 1 aromatic heterocycles. The van der Waals surface area contributed by atoms with Crippen LogP contribution < -0.4 is 4.90 Å². The van der Waals surface area contributed by atoms with Crippen LogP contribution in [0.1, 0.15) is 23.0 Å². The highest BCUT2D eigenvalue weighted by atomic mass is 32.2. The van der Waals surface area contributed by atoms with Crippen LogP contribution in [-0.4, -0.2) is 22.4 Å². The SMILES string of the molecule is CC(=O)c1ccc(SCC(=O)N(c2ccccc2)c2nc(C)cs2)c(F)c1. The maximum absolute atomic E-state index is 14.2. The number of hydrogen-bond donors (Lipinski definition) is 0. The number of rotatable bonds is 6. The summed E-state index contributed by atoms with van der Waals surface area (Å²) >= 11 is 2.48. The van der Waals surface area contributed by atoms with Crippen LogP contribution in [0.4, 0.5) is 15.2 Å². The summed E-state index contributed by atoms with van der Waals surface area (Å²) in [6, 6.07) is 13.5. The number of hydrogen-bond acceptors (Lipinski definition) is 5. The Kier molecular flexibility index (Phi) is 6.03. The molecule has 0 aliphatic heterocycles. The molecule has 4 nitrogen and oxygen atoms in total. The first-order valence-electron chi connectivity index (χ1n) is 8.19. The Morgan fingerprint density at radius 2 is 1.93 bits per heavy atom. The highest BCUT2D eigenvalue weighted by Gasteiger charge is 2.21. The van der Waals surface area contributed by atoms with Gasteiger partial charge in [0.2, 0.25) is 5.91 Å². The summed E-state index contributed by atoms with van der Waals surface area (Å²) < 4.78 is 14.2. The number of carbonyl (C=O) groups excluding carboxylic acids is 2. The van der Waals surface area contributed by atoms with Gasteiger partial charge in [0, 0.05) is 15.8 Å². The van der Waals surface area contributed by atoms with E-state index in [1.165, 1.54) is 30.4 Å². The molecule has 3 aromatic rings. The number of benzene rings is 2. The zero-order valence-electron chi connectivity index (χ0n) is 14.8. The summed E-state index contributed by atoms with van der Waals surface area (Å²) in [5.41, 5.74) is 1.86. The van der Waals surface area contributed by atoms with Gasteiger partial charge in [-0.15, -0.1) is 23.1 Å². The molecule has 0 atom stereocenters. The monoisotopic (exact) mass is 400 g/mol. The van der Waals surface area contributed by atoms with E-state index in [1.54, 1.807) is 11.0 Å². The molecule has 0 spiro atoms. The molecule has 0 aliphatic rings. The van der Waals surface area contributed by atoms with Gasteiger partial charge in [-0.2, -0.15) is 0 Å². The zero-order valence-corrected chi connectivity index (χ0v) is 16.4. The normalized spacial score (nSPS) is 10.6. The molecule has 0 bridgehead atoms. The first-order chi connectivity index (χ1) is 13.0. The molecule has 3 rings (SSSR count). The average Bonchev–Trinajstić information content (AvgIpc) is 3.07. The van der Waals surface area contributed by atoms with Crippen LogP contribution in [0.3, 0.4) is 0 Å². The summed E-state index contributed by atoms with van der Waals surface area (Å²) in [4.78, 5) is 30.5. The van der Waals surface area contributed by atoms with E-state index in [-0.39, 0.29) is 17.4 Å². The lowest BCUT2D eigenvalue weighted by molar-refractivity contribution is -0.115. The molecule has 0 saturated heterocycles. The van der Waals surface area contributed by atoms with Gasteiger partial charge in [0.25, 0.3) is 0 Å². The Morgan fingerprint density at radius 3 is 2.52 bits per heavy atom. The fraction of sp³-hybridized carbons (Fsp3) is 0.150. The number of aryl methyl sites for hydroxylation is 1. The first kappa shape index (κ1) is 19.3. The van der Waals surface area contributed by atoms with Gasteiger partial charge in [-0.25, -0.2) is 9.37 Å². The van der Waals surface area contributed by atoms with Crippen LogP contribution in [-0.2, 0) is 4.79 Å². The molecule has 27 heavy (non-hydrogen) atoms. The Morgan fingerprint density at radius 1 is 1.19 bits per heavy atom. The largest absolute Gasteiger partial charge is 0.295 e. The van der Waals surface area contributed by atoms with Gasteiger partial charge >= 0.3 is 0 Å². The lowest BCUT2D eigenvalue weighted by Crippen LogP contribution is -2.27. The number of carbonyl (C=O) groups is 2. The van der Waals surface area contributed by atoms with Gasteiger partial charge in [-0.05, 0) is 38.1 Å². The van der Waals surface area contributed by atoms with Crippen molar-refractivity contribution < 1.29 is 14.0 Å². The minimum absolute atomic E-state index is 0.0455. The molecule has 0 N–H and O–H groups in total. The number of Topliss-reactive ketones (excluding diaryl/α,β-unsaturated/α-hetero) is 1. The second kappa shape index (κ2) is 8.45. The molecular formula is C20H17FN2O2S2. The lowest BCUT2D eigenvalue weighted by atomic mass is 10.1. The van der Waals surface area contributed by atoms with Crippen LogP contribution in [0.2, 0.25) is 0 Å². The molecule has 0 saturated carbocycles. The predicted molar refractivity (Wildman–Crippen MR) is 108 cm³/mol. The summed E-state index contributed by atoms with van der Waals surface area (Å²) in [7, 11) is 0. The van der Waals surface area contributed by atoms with E-state index in [9.17, 15) is 14.0 Å². The number of anilines is 2. The Hall–Kier alpha value is -2.51. The van der Waals surface area contributed by atoms with E-state index in [0.717, 1.165) is 17.5 Å². The average molecular weight is 401 g/mol. The zero-order chi connectivity index (χ0) is 19.4. The number of thiazole rings is 1. The van der Waals surface area contributed by atoms with Crippen molar-refractivity contribution in [3.8, 4) is 0 Å². The fourth-order valence-corrected chi connectivity index (χ4v) is 4.03. The van der Waals surface area contributed by atoms with Gasteiger partial charge < -0.3 is 0 Å². The number of nitrogens with zero attached hydrogens (tertiary/aromatic N) is 2. The molecule has 0 radical (unpaired) electrons. The second-order valence-corrected chi connectivity index (χ2v) is 7.68. The van der Waals surface area contributed by atoms with Gasteiger partial charge in [0.1, 0.15) is 5.82 Å². The Balaban J connectivity index is 1.80. The molecule has 1 amide bonds. The Bertz CT molecular complexity index is 973. The lowest BCUT2D eigenvalue weighted by Gasteiger charge is -2.20. The second-order valence-electron chi connectivity index (χ2n) is 5.83. The Labute approximate surface area is 165 Å². The molecule has 1 heterocycles. The van der Waals surface area contributed by atoms with Crippen LogP contribution >= 0.6 is 23.1 Å². The number of amides is 1. The first-order valence-corrected chi connectivity index (χ1v) is 10.1. The van der Waals surface area contributed by atoms with E-state index in [0.29, 0.717) is 21.3 Å². The van der Waals surface area contributed by atoms with Crippen LogP contribution in [0, 0.1) is 12.7 Å². The van der Waals surface area contributed by atoms with Crippen LogP contribution in [0.15, 0.2) is 58.8 Å². The quantitative estimate of drug-likeness (QED) is 0.419. The third kappa shape index (κ3) is 4.61. The van der Waals surface area contributed by atoms with Crippen molar-refractivity contribution in [2.24, 2.45) is 0 Å². The molecule has 7 heteroatoms. The maximum atomic E-state index is 14.2. The van der Waals surface area contributed by atoms with E-state index in [4.69, 9.17) is 0 Å². The molecular weight excluding hydrogens is 383 g/mol. The van der Waals surface area contributed by atoms with Gasteiger partial charge in [-0.1, -0.05) is 24.3 Å². The fourth-order valence-electron chi connectivity index (χ4n) is 2.42. The minimum Gasteiger partial charge on any atom is -0.295 e.